The molecular weight excluding hydrogens is 276 g/mol. The predicted molar refractivity (Wildman–Crippen MR) is 76.2 cm³/mol. The maximum absolute atomic E-state index is 12.3. The number of amides is 1. The van der Waals surface area contributed by atoms with Crippen LogP contribution in [0.15, 0.2) is 40.9 Å². The highest BCUT2D eigenvalue weighted by atomic mass is 32.1. The van der Waals surface area contributed by atoms with Crippen LogP contribution in [-0.2, 0) is 18.4 Å². The van der Waals surface area contributed by atoms with Gasteiger partial charge in [-0.1, -0.05) is 0 Å². The van der Waals surface area contributed by atoms with Crippen molar-refractivity contribution in [1.29, 1.82) is 0 Å². The van der Waals surface area contributed by atoms with E-state index in [1.165, 1.54) is 4.90 Å². The Morgan fingerprint density at radius 2 is 2.40 bits per heavy atom. The van der Waals surface area contributed by atoms with Crippen molar-refractivity contribution in [2.45, 2.75) is 6.54 Å². The lowest BCUT2D eigenvalue weighted by atomic mass is 10.2. The van der Waals surface area contributed by atoms with Crippen LogP contribution in [0.25, 0.3) is 6.08 Å². The zero-order chi connectivity index (χ0) is 14.1. The Bertz CT molecular complexity index is 687. The highest BCUT2D eigenvalue weighted by Crippen LogP contribution is 2.17. The van der Waals surface area contributed by atoms with Gasteiger partial charge in [0.2, 0.25) is 0 Å². The fraction of sp³-hybridized carbons (Fsp3) is 0.154. The van der Waals surface area contributed by atoms with Crippen LogP contribution >= 0.6 is 12.2 Å². The average Bonchev–Trinajstić information content (AvgIpc) is 3.10. The Morgan fingerprint density at radius 3 is 3.05 bits per heavy atom. The molecule has 0 aliphatic carbocycles. The Balaban J connectivity index is 1.81. The van der Waals surface area contributed by atoms with Crippen LogP contribution in [0, 0.1) is 0 Å². The molecule has 6 nitrogen and oxygen atoms in total. The van der Waals surface area contributed by atoms with Gasteiger partial charge in [-0.3, -0.25) is 14.4 Å². The standard InChI is InChI=1S/C13H12N4O2S/c1-16-7-9(6-14-16)5-11-12(18)17(13(20)15-11)8-10-3-2-4-19-10/h2-7H,8H2,1H3,(H,15,20)/b11-5+. The molecular formula is C13H12N4O2S. The summed E-state index contributed by atoms with van der Waals surface area (Å²) in [7, 11) is 1.82. The molecule has 3 rings (SSSR count). The summed E-state index contributed by atoms with van der Waals surface area (Å²) < 4.78 is 6.91. The number of nitrogens with zero attached hydrogens (tertiary/aromatic N) is 3. The minimum Gasteiger partial charge on any atom is -0.467 e. The van der Waals surface area contributed by atoms with Gasteiger partial charge in [-0.25, -0.2) is 0 Å². The van der Waals surface area contributed by atoms with Gasteiger partial charge < -0.3 is 9.73 Å². The molecule has 1 saturated heterocycles. The van der Waals surface area contributed by atoms with Crippen LogP contribution in [0.1, 0.15) is 11.3 Å². The largest absolute Gasteiger partial charge is 0.467 e. The van der Waals surface area contributed by atoms with Crippen LogP contribution in [0.5, 0.6) is 0 Å². The molecule has 1 aliphatic rings. The van der Waals surface area contributed by atoms with Gasteiger partial charge in [0.25, 0.3) is 5.91 Å². The average molecular weight is 288 g/mol. The van der Waals surface area contributed by atoms with Gasteiger partial charge in [-0.15, -0.1) is 0 Å². The first-order chi connectivity index (χ1) is 9.63. The Hall–Kier alpha value is -2.41. The van der Waals surface area contributed by atoms with Crippen LogP contribution in [0.3, 0.4) is 0 Å². The molecule has 0 saturated carbocycles. The lowest BCUT2D eigenvalue weighted by molar-refractivity contribution is -0.122. The summed E-state index contributed by atoms with van der Waals surface area (Å²) in [4.78, 5) is 13.8. The number of carbonyl (C=O) groups excluding carboxylic acids is 1. The van der Waals surface area contributed by atoms with Crippen LogP contribution < -0.4 is 5.32 Å². The summed E-state index contributed by atoms with van der Waals surface area (Å²) in [6, 6.07) is 3.58. The number of hydrogen-bond acceptors (Lipinski definition) is 4. The van der Waals surface area contributed by atoms with Crippen molar-refractivity contribution < 1.29 is 9.21 Å². The molecule has 3 heterocycles. The van der Waals surface area contributed by atoms with E-state index < -0.39 is 0 Å². The molecule has 20 heavy (non-hydrogen) atoms. The number of thiocarbonyl (C=S) groups is 1. The summed E-state index contributed by atoms with van der Waals surface area (Å²) in [5.74, 6) is 0.514. The van der Waals surface area contributed by atoms with Gasteiger partial charge in [0.1, 0.15) is 11.5 Å². The SMILES string of the molecule is Cn1cc(/C=C2/NC(=S)N(Cc3ccco3)C2=O)cn1. The third-order valence-electron chi connectivity index (χ3n) is 2.89. The molecule has 102 valence electrons. The molecule has 7 heteroatoms. The van der Waals surface area contributed by atoms with E-state index in [1.54, 1.807) is 35.4 Å². The van der Waals surface area contributed by atoms with Crippen molar-refractivity contribution in [3.63, 3.8) is 0 Å². The molecule has 0 bridgehead atoms. The van der Waals surface area contributed by atoms with E-state index >= 15 is 0 Å². The van der Waals surface area contributed by atoms with Gasteiger partial charge >= 0.3 is 0 Å². The van der Waals surface area contributed by atoms with E-state index in [9.17, 15) is 4.79 Å². The summed E-state index contributed by atoms with van der Waals surface area (Å²) in [5, 5.41) is 7.34. The van der Waals surface area contributed by atoms with Gasteiger partial charge in [-0.2, -0.15) is 5.10 Å². The van der Waals surface area contributed by atoms with E-state index in [1.807, 2.05) is 13.2 Å². The Labute approximate surface area is 120 Å². The molecule has 0 unspecified atom stereocenters. The second kappa shape index (κ2) is 4.93. The maximum atomic E-state index is 12.3. The summed E-state index contributed by atoms with van der Waals surface area (Å²) in [6.45, 7) is 0.321. The monoisotopic (exact) mass is 288 g/mol. The molecule has 0 radical (unpaired) electrons. The first kappa shape index (κ1) is 12.6. The summed E-state index contributed by atoms with van der Waals surface area (Å²) >= 11 is 5.18. The molecule has 2 aromatic rings. The second-order valence-electron chi connectivity index (χ2n) is 4.41. The number of aromatic nitrogens is 2. The first-order valence-electron chi connectivity index (χ1n) is 5.99. The van der Waals surface area contributed by atoms with Crippen molar-refractivity contribution in [1.82, 2.24) is 20.0 Å². The fourth-order valence-corrected chi connectivity index (χ4v) is 2.21. The predicted octanol–water partition coefficient (Wildman–Crippen LogP) is 1.27. The van der Waals surface area contributed by atoms with Crippen molar-refractivity contribution in [2.24, 2.45) is 7.05 Å². The smallest absolute Gasteiger partial charge is 0.276 e. The third kappa shape index (κ3) is 2.35. The molecule has 0 atom stereocenters. The van der Waals surface area contributed by atoms with Crippen molar-refractivity contribution in [2.75, 3.05) is 0 Å². The fourth-order valence-electron chi connectivity index (χ4n) is 1.95. The van der Waals surface area contributed by atoms with E-state index in [4.69, 9.17) is 16.6 Å². The molecule has 0 spiro atoms. The van der Waals surface area contributed by atoms with E-state index in [0.717, 1.165) is 5.56 Å². The highest BCUT2D eigenvalue weighted by molar-refractivity contribution is 7.80. The lowest BCUT2D eigenvalue weighted by Crippen LogP contribution is -2.29. The number of carbonyl (C=O) groups is 1. The van der Waals surface area contributed by atoms with Gasteiger partial charge in [0, 0.05) is 18.8 Å². The zero-order valence-electron chi connectivity index (χ0n) is 10.7. The first-order valence-corrected chi connectivity index (χ1v) is 6.40. The lowest BCUT2D eigenvalue weighted by Gasteiger charge is -2.11. The Kier molecular flexibility index (Phi) is 3.11. The summed E-state index contributed by atoms with van der Waals surface area (Å²) in [5.41, 5.74) is 1.28. The van der Waals surface area contributed by atoms with Crippen LogP contribution in [-0.4, -0.2) is 25.7 Å². The molecule has 0 aromatic carbocycles. The zero-order valence-corrected chi connectivity index (χ0v) is 11.6. The Morgan fingerprint density at radius 1 is 1.55 bits per heavy atom. The molecule has 1 amide bonds. The van der Waals surface area contributed by atoms with Crippen LogP contribution in [0.4, 0.5) is 0 Å². The molecule has 1 N–H and O–H groups in total. The maximum Gasteiger partial charge on any atom is 0.276 e. The van der Waals surface area contributed by atoms with Crippen molar-refractivity contribution >= 4 is 29.3 Å². The highest BCUT2D eigenvalue weighted by Gasteiger charge is 2.31. The van der Waals surface area contributed by atoms with Crippen LogP contribution in [0.2, 0.25) is 0 Å². The van der Waals surface area contributed by atoms with Gasteiger partial charge in [0.15, 0.2) is 5.11 Å². The normalized spacial score (nSPS) is 17.1. The number of aryl methyl sites for hydroxylation is 1. The van der Waals surface area contributed by atoms with Gasteiger partial charge in [-0.05, 0) is 30.4 Å². The minimum atomic E-state index is -0.171. The number of hydrogen-bond donors (Lipinski definition) is 1. The quantitative estimate of drug-likeness (QED) is 0.681. The molecule has 1 aliphatic heterocycles. The van der Waals surface area contributed by atoms with E-state index in [-0.39, 0.29) is 5.91 Å². The summed E-state index contributed by atoms with van der Waals surface area (Å²) in [6.07, 6.45) is 6.79. The number of furan rings is 1. The number of nitrogens with one attached hydrogen (secondary N) is 1. The topological polar surface area (TPSA) is 63.3 Å². The van der Waals surface area contributed by atoms with Crippen molar-refractivity contribution in [3.05, 3.63) is 47.8 Å². The molecule has 1 fully saturated rings. The van der Waals surface area contributed by atoms with Gasteiger partial charge in [0.05, 0.1) is 19.0 Å². The second-order valence-corrected chi connectivity index (χ2v) is 4.79. The number of rotatable bonds is 3. The van der Waals surface area contributed by atoms with E-state index in [0.29, 0.717) is 23.1 Å². The third-order valence-corrected chi connectivity index (χ3v) is 3.21. The van der Waals surface area contributed by atoms with E-state index in [2.05, 4.69) is 10.4 Å². The van der Waals surface area contributed by atoms with Crippen molar-refractivity contribution in [3.8, 4) is 0 Å². The minimum absolute atomic E-state index is 0.171. The molecule has 2 aromatic heterocycles.